The van der Waals surface area contributed by atoms with Crippen molar-refractivity contribution >= 4 is 10.8 Å². The number of benzene rings is 2. The second kappa shape index (κ2) is 5.10. The molecule has 0 aliphatic carbocycles. The van der Waals surface area contributed by atoms with E-state index >= 15 is 0 Å². The van der Waals surface area contributed by atoms with Crippen molar-refractivity contribution in [2.24, 2.45) is 11.5 Å². The normalized spacial score (nSPS) is 10.9. The molecule has 2 aromatic rings. The Kier molecular flexibility index (Phi) is 3.54. The molecule has 0 heterocycles. The van der Waals surface area contributed by atoms with E-state index in [1.54, 1.807) is 0 Å². The largest absolute Gasteiger partial charge is 0.330 e. The van der Waals surface area contributed by atoms with E-state index in [0.29, 0.717) is 13.1 Å². The first kappa shape index (κ1) is 11.1. The molecule has 0 radical (unpaired) electrons. The third-order valence-corrected chi connectivity index (χ3v) is 2.93. The van der Waals surface area contributed by atoms with Gasteiger partial charge >= 0.3 is 0 Å². The maximum atomic E-state index is 5.63. The summed E-state index contributed by atoms with van der Waals surface area (Å²) in [6.07, 6.45) is 1.87. The quantitative estimate of drug-likeness (QED) is 0.816. The molecule has 0 aliphatic rings. The minimum Gasteiger partial charge on any atom is -0.330 e. The Labute approximate surface area is 96.3 Å². The lowest BCUT2D eigenvalue weighted by Crippen LogP contribution is -2.05. The molecule has 0 atom stereocenters. The molecule has 0 saturated heterocycles. The molecule has 0 fully saturated rings. The van der Waals surface area contributed by atoms with Gasteiger partial charge in [-0.3, -0.25) is 0 Å². The van der Waals surface area contributed by atoms with Crippen molar-refractivity contribution in [3.8, 4) is 0 Å². The van der Waals surface area contributed by atoms with Crippen LogP contribution in [0, 0.1) is 0 Å². The monoisotopic (exact) mass is 214 g/mol. The van der Waals surface area contributed by atoms with E-state index in [-0.39, 0.29) is 0 Å². The van der Waals surface area contributed by atoms with Gasteiger partial charge in [-0.05, 0) is 47.8 Å². The summed E-state index contributed by atoms with van der Waals surface area (Å²) in [7, 11) is 0. The summed E-state index contributed by atoms with van der Waals surface area (Å²) in [6, 6.07) is 12.9. The Morgan fingerprint density at radius 3 is 1.50 bits per heavy atom. The van der Waals surface area contributed by atoms with Gasteiger partial charge in [0.2, 0.25) is 0 Å². The number of fused-ring (bicyclic) bond motifs is 1. The first-order valence-corrected chi connectivity index (χ1v) is 5.76. The molecule has 2 nitrogen and oxygen atoms in total. The summed E-state index contributed by atoms with van der Waals surface area (Å²) in [4.78, 5) is 0. The third-order valence-electron chi connectivity index (χ3n) is 2.93. The lowest BCUT2D eigenvalue weighted by Gasteiger charge is -2.09. The molecule has 0 unspecified atom stereocenters. The summed E-state index contributed by atoms with van der Waals surface area (Å²) in [5.74, 6) is 0. The highest BCUT2D eigenvalue weighted by Gasteiger charge is 2.03. The molecule has 2 heteroatoms. The molecule has 2 aromatic carbocycles. The number of rotatable bonds is 4. The van der Waals surface area contributed by atoms with Crippen LogP contribution in [0.25, 0.3) is 10.8 Å². The van der Waals surface area contributed by atoms with Crippen LogP contribution in [-0.4, -0.2) is 13.1 Å². The standard InChI is InChI=1S/C14H18N2/c15-9-7-11-3-1-5-13-12(8-10-16)4-2-6-14(11)13/h1-6H,7-10,15-16H2. The van der Waals surface area contributed by atoms with Crippen molar-refractivity contribution in [1.82, 2.24) is 0 Å². The molecule has 0 saturated carbocycles. The highest BCUT2D eigenvalue weighted by Crippen LogP contribution is 2.22. The van der Waals surface area contributed by atoms with Gasteiger partial charge in [0, 0.05) is 0 Å². The lowest BCUT2D eigenvalue weighted by atomic mass is 9.97. The van der Waals surface area contributed by atoms with Gasteiger partial charge in [0.25, 0.3) is 0 Å². The highest BCUT2D eigenvalue weighted by molar-refractivity contribution is 5.88. The maximum absolute atomic E-state index is 5.63. The van der Waals surface area contributed by atoms with E-state index in [1.165, 1.54) is 21.9 Å². The van der Waals surface area contributed by atoms with E-state index in [4.69, 9.17) is 11.5 Å². The molecule has 0 bridgehead atoms. The van der Waals surface area contributed by atoms with Gasteiger partial charge in [-0.2, -0.15) is 0 Å². The predicted molar refractivity (Wildman–Crippen MR) is 69.5 cm³/mol. The average molecular weight is 214 g/mol. The molecule has 84 valence electrons. The van der Waals surface area contributed by atoms with Gasteiger partial charge in [-0.25, -0.2) is 0 Å². The number of hydrogen-bond donors (Lipinski definition) is 2. The number of hydrogen-bond acceptors (Lipinski definition) is 2. The fraction of sp³-hybridized carbons (Fsp3) is 0.286. The molecular formula is C14H18N2. The van der Waals surface area contributed by atoms with Gasteiger partial charge in [0.1, 0.15) is 0 Å². The Morgan fingerprint density at radius 1 is 0.688 bits per heavy atom. The van der Waals surface area contributed by atoms with Crippen LogP contribution < -0.4 is 11.5 Å². The topological polar surface area (TPSA) is 52.0 Å². The van der Waals surface area contributed by atoms with Crippen LogP contribution >= 0.6 is 0 Å². The summed E-state index contributed by atoms with van der Waals surface area (Å²) in [5, 5.41) is 2.64. The fourth-order valence-electron chi connectivity index (χ4n) is 2.19. The molecule has 0 amide bonds. The van der Waals surface area contributed by atoms with Gasteiger partial charge in [0.15, 0.2) is 0 Å². The molecular weight excluding hydrogens is 196 g/mol. The Morgan fingerprint density at radius 2 is 1.12 bits per heavy atom. The average Bonchev–Trinajstić information content (AvgIpc) is 2.31. The zero-order chi connectivity index (χ0) is 11.4. The molecule has 16 heavy (non-hydrogen) atoms. The van der Waals surface area contributed by atoms with Gasteiger partial charge in [-0.15, -0.1) is 0 Å². The first-order chi connectivity index (χ1) is 7.86. The van der Waals surface area contributed by atoms with E-state index in [9.17, 15) is 0 Å². The second-order valence-corrected chi connectivity index (χ2v) is 4.01. The van der Waals surface area contributed by atoms with Crippen molar-refractivity contribution in [3.05, 3.63) is 47.5 Å². The minimum atomic E-state index is 0.695. The molecule has 0 spiro atoms. The summed E-state index contributed by atoms with van der Waals surface area (Å²) < 4.78 is 0. The fourth-order valence-corrected chi connectivity index (χ4v) is 2.19. The molecule has 4 N–H and O–H groups in total. The summed E-state index contributed by atoms with van der Waals surface area (Å²) in [6.45, 7) is 1.39. The van der Waals surface area contributed by atoms with E-state index in [2.05, 4.69) is 36.4 Å². The van der Waals surface area contributed by atoms with Crippen LogP contribution in [0.4, 0.5) is 0 Å². The third kappa shape index (κ3) is 2.08. The van der Waals surface area contributed by atoms with E-state index in [0.717, 1.165) is 12.8 Å². The Balaban J connectivity index is 2.57. The van der Waals surface area contributed by atoms with Crippen molar-refractivity contribution in [2.45, 2.75) is 12.8 Å². The van der Waals surface area contributed by atoms with Crippen LogP contribution in [0.5, 0.6) is 0 Å². The van der Waals surface area contributed by atoms with E-state index in [1.807, 2.05) is 0 Å². The summed E-state index contributed by atoms with van der Waals surface area (Å²) >= 11 is 0. The molecule has 0 aliphatic heterocycles. The van der Waals surface area contributed by atoms with Crippen molar-refractivity contribution in [1.29, 1.82) is 0 Å². The Hall–Kier alpha value is -1.38. The summed E-state index contributed by atoms with van der Waals surface area (Å²) in [5.41, 5.74) is 13.9. The van der Waals surface area contributed by atoms with Crippen LogP contribution in [0.15, 0.2) is 36.4 Å². The minimum absolute atomic E-state index is 0.695. The van der Waals surface area contributed by atoms with Crippen LogP contribution in [0.3, 0.4) is 0 Å². The van der Waals surface area contributed by atoms with Crippen LogP contribution in [0.2, 0.25) is 0 Å². The van der Waals surface area contributed by atoms with Crippen LogP contribution in [-0.2, 0) is 12.8 Å². The zero-order valence-electron chi connectivity index (χ0n) is 9.45. The molecule has 0 aromatic heterocycles. The van der Waals surface area contributed by atoms with Crippen molar-refractivity contribution in [2.75, 3.05) is 13.1 Å². The van der Waals surface area contributed by atoms with Gasteiger partial charge in [0.05, 0.1) is 0 Å². The van der Waals surface area contributed by atoms with Gasteiger partial charge < -0.3 is 11.5 Å². The smallest absolute Gasteiger partial charge is 0.00365 e. The second-order valence-electron chi connectivity index (χ2n) is 4.01. The molecule has 2 rings (SSSR count). The van der Waals surface area contributed by atoms with Crippen molar-refractivity contribution < 1.29 is 0 Å². The van der Waals surface area contributed by atoms with Crippen LogP contribution in [0.1, 0.15) is 11.1 Å². The first-order valence-electron chi connectivity index (χ1n) is 5.76. The van der Waals surface area contributed by atoms with Crippen molar-refractivity contribution in [3.63, 3.8) is 0 Å². The highest BCUT2D eigenvalue weighted by atomic mass is 14.5. The van der Waals surface area contributed by atoms with Gasteiger partial charge in [-0.1, -0.05) is 36.4 Å². The maximum Gasteiger partial charge on any atom is -0.00365 e. The SMILES string of the molecule is NCCc1cccc2c(CCN)cccc12. The van der Waals surface area contributed by atoms with E-state index < -0.39 is 0 Å². The number of nitrogens with two attached hydrogens (primary N) is 2. The lowest BCUT2D eigenvalue weighted by molar-refractivity contribution is 0.970. The zero-order valence-corrected chi connectivity index (χ0v) is 9.45. The Bertz CT molecular complexity index is 432. The predicted octanol–water partition coefficient (Wildman–Crippen LogP) is 1.84.